The Morgan fingerprint density at radius 3 is 2.55 bits per heavy atom. The molecule has 0 bridgehead atoms. The summed E-state index contributed by atoms with van der Waals surface area (Å²) in [5.74, 6) is 0.0807. The lowest BCUT2D eigenvalue weighted by Gasteiger charge is -2.19. The van der Waals surface area contributed by atoms with E-state index in [4.69, 9.17) is 0 Å². The van der Waals surface area contributed by atoms with Gasteiger partial charge in [0.2, 0.25) is 5.91 Å². The number of hydrogen-bond acceptors (Lipinski definition) is 2. The van der Waals surface area contributed by atoms with Crippen molar-refractivity contribution in [3.05, 3.63) is 0 Å². The lowest BCUT2D eigenvalue weighted by atomic mass is 10.2. The van der Waals surface area contributed by atoms with Crippen molar-refractivity contribution in [1.29, 1.82) is 0 Å². The highest BCUT2D eigenvalue weighted by atomic mass is 16.1. The third-order valence-corrected chi connectivity index (χ3v) is 2.28. The first-order chi connectivity index (χ1) is 5.24. The predicted molar refractivity (Wildman–Crippen MR) is 44.3 cm³/mol. The molecule has 2 atom stereocenters. The van der Waals surface area contributed by atoms with Gasteiger partial charge in [-0.25, -0.2) is 0 Å². The fraction of sp³-hybridized carbons (Fsp3) is 0.875. The molecule has 1 saturated carbocycles. The number of hydrogen-bond donors (Lipinski definition) is 2. The van der Waals surface area contributed by atoms with Gasteiger partial charge in [-0.2, -0.15) is 0 Å². The Hall–Kier alpha value is -0.570. The van der Waals surface area contributed by atoms with Crippen LogP contribution >= 0.6 is 0 Å². The van der Waals surface area contributed by atoms with Gasteiger partial charge < -0.3 is 10.6 Å². The number of carbonyl (C=O) groups excluding carboxylic acids is 1. The smallest absolute Gasteiger partial charge is 0.217 e. The molecular weight excluding hydrogens is 140 g/mol. The zero-order valence-electron chi connectivity index (χ0n) is 7.18. The van der Waals surface area contributed by atoms with Gasteiger partial charge >= 0.3 is 0 Å². The quantitative estimate of drug-likeness (QED) is 0.602. The minimum absolute atomic E-state index is 0.0807. The summed E-state index contributed by atoms with van der Waals surface area (Å²) in [6.07, 6.45) is 3.52. The molecule has 64 valence electrons. The van der Waals surface area contributed by atoms with Crippen molar-refractivity contribution in [2.45, 2.75) is 38.3 Å². The summed E-state index contributed by atoms with van der Waals surface area (Å²) in [6.45, 7) is 1.57. The van der Waals surface area contributed by atoms with Crippen molar-refractivity contribution in [3.63, 3.8) is 0 Å². The van der Waals surface area contributed by atoms with Gasteiger partial charge in [0.15, 0.2) is 0 Å². The van der Waals surface area contributed by atoms with Crippen molar-refractivity contribution >= 4 is 5.91 Å². The molecular formula is C8H16N2O. The van der Waals surface area contributed by atoms with Crippen molar-refractivity contribution in [2.75, 3.05) is 7.05 Å². The van der Waals surface area contributed by atoms with Crippen LogP contribution in [0.4, 0.5) is 0 Å². The molecule has 0 aromatic carbocycles. The van der Waals surface area contributed by atoms with Crippen LogP contribution < -0.4 is 10.6 Å². The third kappa shape index (κ3) is 2.19. The molecule has 2 N–H and O–H groups in total. The average molecular weight is 156 g/mol. The molecule has 0 aromatic heterocycles. The van der Waals surface area contributed by atoms with E-state index in [0.29, 0.717) is 12.1 Å². The van der Waals surface area contributed by atoms with E-state index in [1.165, 1.54) is 12.8 Å². The van der Waals surface area contributed by atoms with Gasteiger partial charge in [-0.15, -0.1) is 0 Å². The SMILES string of the molecule is CNC1CCCC1NC(C)=O. The van der Waals surface area contributed by atoms with Crippen LogP contribution in [-0.2, 0) is 4.79 Å². The van der Waals surface area contributed by atoms with Crippen LogP contribution in [0.5, 0.6) is 0 Å². The van der Waals surface area contributed by atoms with E-state index in [2.05, 4.69) is 10.6 Å². The van der Waals surface area contributed by atoms with E-state index in [9.17, 15) is 4.79 Å². The predicted octanol–water partition coefficient (Wildman–Crippen LogP) is 0.263. The molecule has 0 saturated heterocycles. The van der Waals surface area contributed by atoms with Gasteiger partial charge in [-0.05, 0) is 26.3 Å². The Morgan fingerprint density at radius 1 is 1.36 bits per heavy atom. The van der Waals surface area contributed by atoms with E-state index < -0.39 is 0 Å². The fourth-order valence-electron chi connectivity index (χ4n) is 1.74. The molecule has 1 fully saturated rings. The molecule has 11 heavy (non-hydrogen) atoms. The van der Waals surface area contributed by atoms with Crippen LogP contribution in [0.2, 0.25) is 0 Å². The number of nitrogens with one attached hydrogen (secondary N) is 2. The van der Waals surface area contributed by atoms with E-state index in [1.54, 1.807) is 6.92 Å². The molecule has 1 aliphatic rings. The van der Waals surface area contributed by atoms with E-state index in [-0.39, 0.29) is 5.91 Å². The number of carbonyl (C=O) groups is 1. The average Bonchev–Trinajstić information content (AvgIpc) is 2.34. The Kier molecular flexibility index (Phi) is 2.88. The van der Waals surface area contributed by atoms with Gasteiger partial charge in [-0.1, -0.05) is 0 Å². The standard InChI is InChI=1S/C8H16N2O/c1-6(11)10-8-5-3-4-7(8)9-2/h7-9H,3-5H2,1-2H3,(H,10,11). The molecule has 3 heteroatoms. The second-order valence-electron chi connectivity index (χ2n) is 3.13. The summed E-state index contributed by atoms with van der Waals surface area (Å²) in [5, 5.41) is 6.15. The summed E-state index contributed by atoms with van der Waals surface area (Å²) in [5.41, 5.74) is 0. The van der Waals surface area contributed by atoms with E-state index in [0.717, 1.165) is 6.42 Å². The van der Waals surface area contributed by atoms with Gasteiger partial charge in [0.25, 0.3) is 0 Å². The van der Waals surface area contributed by atoms with Crippen LogP contribution in [0.15, 0.2) is 0 Å². The minimum atomic E-state index is 0.0807. The minimum Gasteiger partial charge on any atom is -0.352 e. The maximum atomic E-state index is 10.7. The largest absolute Gasteiger partial charge is 0.352 e. The van der Waals surface area contributed by atoms with Crippen molar-refractivity contribution < 1.29 is 4.79 Å². The summed E-state index contributed by atoms with van der Waals surface area (Å²) < 4.78 is 0. The summed E-state index contributed by atoms with van der Waals surface area (Å²) in [6, 6.07) is 0.844. The van der Waals surface area contributed by atoms with Crippen LogP contribution in [0.1, 0.15) is 26.2 Å². The first-order valence-corrected chi connectivity index (χ1v) is 4.18. The highest BCUT2D eigenvalue weighted by molar-refractivity contribution is 5.73. The lowest BCUT2D eigenvalue weighted by Crippen LogP contribution is -2.44. The Labute approximate surface area is 67.5 Å². The highest BCUT2D eigenvalue weighted by Gasteiger charge is 2.25. The van der Waals surface area contributed by atoms with E-state index in [1.807, 2.05) is 7.05 Å². The molecule has 3 nitrogen and oxygen atoms in total. The van der Waals surface area contributed by atoms with Gasteiger partial charge in [0, 0.05) is 19.0 Å². The fourth-order valence-corrected chi connectivity index (χ4v) is 1.74. The normalized spacial score (nSPS) is 30.4. The van der Waals surface area contributed by atoms with Crippen molar-refractivity contribution in [2.24, 2.45) is 0 Å². The maximum absolute atomic E-state index is 10.7. The molecule has 0 heterocycles. The topological polar surface area (TPSA) is 41.1 Å². The van der Waals surface area contributed by atoms with Crippen LogP contribution in [0.3, 0.4) is 0 Å². The van der Waals surface area contributed by atoms with Crippen molar-refractivity contribution in [1.82, 2.24) is 10.6 Å². The molecule has 1 amide bonds. The Balaban J connectivity index is 2.37. The Morgan fingerprint density at radius 2 is 2.00 bits per heavy atom. The molecule has 1 aliphatic carbocycles. The molecule has 1 rings (SSSR count). The number of rotatable bonds is 2. The molecule has 0 radical (unpaired) electrons. The Bertz CT molecular complexity index is 147. The summed E-state index contributed by atoms with van der Waals surface area (Å²) in [7, 11) is 1.95. The monoisotopic (exact) mass is 156 g/mol. The van der Waals surface area contributed by atoms with Crippen LogP contribution in [-0.4, -0.2) is 25.0 Å². The third-order valence-electron chi connectivity index (χ3n) is 2.28. The van der Waals surface area contributed by atoms with Crippen LogP contribution in [0, 0.1) is 0 Å². The molecule has 2 unspecified atom stereocenters. The summed E-state index contributed by atoms with van der Waals surface area (Å²) >= 11 is 0. The lowest BCUT2D eigenvalue weighted by molar-refractivity contribution is -0.119. The second kappa shape index (κ2) is 3.72. The van der Waals surface area contributed by atoms with Crippen molar-refractivity contribution in [3.8, 4) is 0 Å². The summed E-state index contributed by atoms with van der Waals surface area (Å²) in [4.78, 5) is 10.7. The number of amides is 1. The van der Waals surface area contributed by atoms with E-state index >= 15 is 0 Å². The first kappa shape index (κ1) is 8.53. The zero-order chi connectivity index (χ0) is 8.27. The van der Waals surface area contributed by atoms with Gasteiger partial charge in [-0.3, -0.25) is 4.79 Å². The first-order valence-electron chi connectivity index (χ1n) is 4.18. The molecule has 0 aliphatic heterocycles. The zero-order valence-corrected chi connectivity index (χ0v) is 7.18. The van der Waals surface area contributed by atoms with Gasteiger partial charge in [0.05, 0.1) is 0 Å². The second-order valence-corrected chi connectivity index (χ2v) is 3.13. The highest BCUT2D eigenvalue weighted by Crippen LogP contribution is 2.18. The van der Waals surface area contributed by atoms with Crippen LogP contribution in [0.25, 0.3) is 0 Å². The number of likely N-dealkylation sites (N-methyl/N-ethyl adjacent to an activating group) is 1. The molecule has 0 spiro atoms. The molecule has 0 aromatic rings. The maximum Gasteiger partial charge on any atom is 0.217 e. The van der Waals surface area contributed by atoms with Gasteiger partial charge in [0.1, 0.15) is 0 Å².